The molecule has 0 saturated carbocycles. The van der Waals surface area contributed by atoms with Crippen LogP contribution in [0.2, 0.25) is 0 Å². The van der Waals surface area contributed by atoms with Crippen LogP contribution in [0.5, 0.6) is 0 Å². The zero-order chi connectivity index (χ0) is 15.4. The van der Waals surface area contributed by atoms with Gasteiger partial charge in [0.05, 0.1) is 11.4 Å². The number of hydrogen-bond acceptors (Lipinski definition) is 3. The van der Waals surface area contributed by atoms with Gasteiger partial charge in [-0.2, -0.15) is 0 Å². The van der Waals surface area contributed by atoms with Crippen molar-refractivity contribution in [2.24, 2.45) is 5.16 Å². The molecule has 0 unspecified atom stereocenters. The van der Waals surface area contributed by atoms with E-state index in [0.717, 1.165) is 10.0 Å². The highest BCUT2D eigenvalue weighted by atomic mass is 79.9. The first-order valence-electron chi connectivity index (χ1n) is 6.38. The highest BCUT2D eigenvalue weighted by molar-refractivity contribution is 9.10. The number of carbonyl (C=O) groups excluding carboxylic acids is 1. The van der Waals surface area contributed by atoms with Crippen LogP contribution in [0.1, 0.15) is 28.4 Å². The SMILES string of the molecule is C/C(=N\O)c1ccccc1NC(=O)c1ccc(Br)cc1C. The largest absolute Gasteiger partial charge is 0.411 e. The van der Waals surface area contributed by atoms with Gasteiger partial charge in [0.25, 0.3) is 5.91 Å². The van der Waals surface area contributed by atoms with Gasteiger partial charge in [-0.05, 0) is 43.7 Å². The van der Waals surface area contributed by atoms with Crippen molar-refractivity contribution in [3.63, 3.8) is 0 Å². The fraction of sp³-hybridized carbons (Fsp3) is 0.125. The topological polar surface area (TPSA) is 61.7 Å². The van der Waals surface area contributed by atoms with Gasteiger partial charge in [0.15, 0.2) is 0 Å². The first-order chi connectivity index (χ1) is 10.0. The van der Waals surface area contributed by atoms with Crippen molar-refractivity contribution in [3.8, 4) is 0 Å². The van der Waals surface area contributed by atoms with E-state index in [0.29, 0.717) is 22.5 Å². The fourth-order valence-corrected chi connectivity index (χ4v) is 2.51. The summed E-state index contributed by atoms with van der Waals surface area (Å²) in [7, 11) is 0. The van der Waals surface area contributed by atoms with Gasteiger partial charge in [0.1, 0.15) is 0 Å². The second kappa shape index (κ2) is 6.54. The number of anilines is 1. The van der Waals surface area contributed by atoms with Crippen LogP contribution in [0.15, 0.2) is 52.1 Å². The molecule has 21 heavy (non-hydrogen) atoms. The van der Waals surface area contributed by atoms with Gasteiger partial charge >= 0.3 is 0 Å². The predicted octanol–water partition coefficient (Wildman–Crippen LogP) is 4.21. The molecule has 0 atom stereocenters. The molecule has 4 nitrogen and oxygen atoms in total. The van der Waals surface area contributed by atoms with E-state index in [9.17, 15) is 4.79 Å². The molecule has 5 heteroatoms. The van der Waals surface area contributed by atoms with E-state index < -0.39 is 0 Å². The summed E-state index contributed by atoms with van der Waals surface area (Å²) in [6.07, 6.45) is 0. The van der Waals surface area contributed by atoms with Crippen LogP contribution in [0.3, 0.4) is 0 Å². The van der Waals surface area contributed by atoms with Crippen LogP contribution >= 0.6 is 15.9 Å². The quantitative estimate of drug-likeness (QED) is 0.496. The van der Waals surface area contributed by atoms with Crippen LogP contribution in [0.25, 0.3) is 0 Å². The van der Waals surface area contributed by atoms with Gasteiger partial charge in [0.2, 0.25) is 0 Å². The van der Waals surface area contributed by atoms with E-state index in [-0.39, 0.29) is 5.91 Å². The molecule has 2 rings (SSSR count). The number of hydrogen-bond donors (Lipinski definition) is 2. The highest BCUT2D eigenvalue weighted by Gasteiger charge is 2.12. The Kier molecular flexibility index (Phi) is 4.75. The van der Waals surface area contributed by atoms with Crippen molar-refractivity contribution in [1.82, 2.24) is 0 Å². The summed E-state index contributed by atoms with van der Waals surface area (Å²) in [4.78, 5) is 12.4. The number of nitrogens with one attached hydrogen (secondary N) is 1. The first-order valence-corrected chi connectivity index (χ1v) is 7.18. The fourth-order valence-electron chi connectivity index (χ4n) is 2.03. The van der Waals surface area contributed by atoms with E-state index in [1.807, 2.05) is 31.2 Å². The summed E-state index contributed by atoms with van der Waals surface area (Å²) in [5, 5.41) is 15.0. The summed E-state index contributed by atoms with van der Waals surface area (Å²) in [5.41, 5.74) is 3.22. The van der Waals surface area contributed by atoms with Crippen molar-refractivity contribution in [2.75, 3.05) is 5.32 Å². The number of aryl methyl sites for hydroxylation is 1. The van der Waals surface area contributed by atoms with E-state index in [1.165, 1.54) is 0 Å². The van der Waals surface area contributed by atoms with Gasteiger partial charge in [-0.15, -0.1) is 0 Å². The maximum atomic E-state index is 12.4. The first kappa shape index (κ1) is 15.3. The van der Waals surface area contributed by atoms with Crippen molar-refractivity contribution >= 4 is 33.2 Å². The van der Waals surface area contributed by atoms with Gasteiger partial charge in [-0.25, -0.2) is 0 Å². The van der Waals surface area contributed by atoms with Crippen LogP contribution in [-0.4, -0.2) is 16.8 Å². The van der Waals surface area contributed by atoms with Crippen molar-refractivity contribution in [1.29, 1.82) is 0 Å². The predicted molar refractivity (Wildman–Crippen MR) is 87.3 cm³/mol. The summed E-state index contributed by atoms with van der Waals surface area (Å²) in [6, 6.07) is 12.7. The number of amides is 1. The molecule has 2 N–H and O–H groups in total. The Morgan fingerprint density at radius 3 is 2.57 bits per heavy atom. The van der Waals surface area contributed by atoms with Gasteiger partial charge in [0, 0.05) is 15.6 Å². The lowest BCUT2D eigenvalue weighted by molar-refractivity contribution is 0.102. The van der Waals surface area contributed by atoms with Gasteiger partial charge in [-0.1, -0.05) is 39.3 Å². The molecule has 0 radical (unpaired) electrons. The normalized spacial score (nSPS) is 11.3. The smallest absolute Gasteiger partial charge is 0.255 e. The Morgan fingerprint density at radius 1 is 1.19 bits per heavy atom. The maximum absolute atomic E-state index is 12.4. The zero-order valence-electron chi connectivity index (χ0n) is 11.7. The minimum Gasteiger partial charge on any atom is -0.411 e. The van der Waals surface area contributed by atoms with Gasteiger partial charge < -0.3 is 10.5 Å². The molecule has 2 aromatic rings. The second-order valence-corrected chi connectivity index (χ2v) is 5.56. The van der Waals surface area contributed by atoms with Crippen molar-refractivity contribution in [3.05, 3.63) is 63.6 Å². The molecule has 108 valence electrons. The molecule has 2 aromatic carbocycles. The number of nitrogens with zero attached hydrogens (tertiary/aromatic N) is 1. The minimum atomic E-state index is -0.196. The number of benzene rings is 2. The van der Waals surface area contributed by atoms with Crippen LogP contribution in [0.4, 0.5) is 5.69 Å². The third-order valence-corrected chi connectivity index (χ3v) is 3.64. The van der Waals surface area contributed by atoms with E-state index >= 15 is 0 Å². The molecule has 0 aliphatic heterocycles. The average molecular weight is 347 g/mol. The molecule has 0 bridgehead atoms. The summed E-state index contributed by atoms with van der Waals surface area (Å²) in [5.74, 6) is -0.196. The molecule has 1 amide bonds. The Bertz CT molecular complexity index is 711. The van der Waals surface area contributed by atoms with Crippen molar-refractivity contribution < 1.29 is 10.0 Å². The molecule has 0 heterocycles. The van der Waals surface area contributed by atoms with E-state index in [1.54, 1.807) is 25.1 Å². The van der Waals surface area contributed by atoms with Crippen molar-refractivity contribution in [2.45, 2.75) is 13.8 Å². The number of oxime groups is 1. The standard InChI is InChI=1S/C16H15BrN2O2/c1-10-9-12(17)7-8-13(10)16(20)18-15-6-4-3-5-14(15)11(2)19-21/h3-9,21H,1-2H3,(H,18,20)/b19-11+. The molecule has 0 saturated heterocycles. The van der Waals surface area contributed by atoms with Crippen LogP contribution in [-0.2, 0) is 0 Å². The zero-order valence-corrected chi connectivity index (χ0v) is 13.3. The Hall–Kier alpha value is -2.14. The second-order valence-electron chi connectivity index (χ2n) is 4.64. The summed E-state index contributed by atoms with van der Waals surface area (Å²) >= 11 is 3.38. The lowest BCUT2D eigenvalue weighted by Crippen LogP contribution is -2.15. The molecule has 0 aliphatic carbocycles. The summed E-state index contributed by atoms with van der Waals surface area (Å²) in [6.45, 7) is 3.56. The molecular weight excluding hydrogens is 332 g/mol. The Labute approximate surface area is 131 Å². The lowest BCUT2D eigenvalue weighted by Gasteiger charge is -2.11. The monoisotopic (exact) mass is 346 g/mol. The number of carbonyl (C=O) groups is 1. The Balaban J connectivity index is 2.32. The van der Waals surface area contributed by atoms with E-state index in [2.05, 4.69) is 26.4 Å². The number of rotatable bonds is 3. The van der Waals surface area contributed by atoms with Crippen LogP contribution < -0.4 is 5.32 Å². The third kappa shape index (κ3) is 3.49. The maximum Gasteiger partial charge on any atom is 0.255 e. The molecule has 0 spiro atoms. The number of para-hydroxylation sites is 1. The molecule has 0 aromatic heterocycles. The average Bonchev–Trinajstić information content (AvgIpc) is 2.46. The highest BCUT2D eigenvalue weighted by Crippen LogP contribution is 2.20. The Morgan fingerprint density at radius 2 is 1.90 bits per heavy atom. The molecular formula is C16H15BrN2O2. The number of halogens is 1. The molecule has 0 aliphatic rings. The minimum absolute atomic E-state index is 0.196. The molecule has 0 fully saturated rings. The van der Waals surface area contributed by atoms with Crippen LogP contribution in [0, 0.1) is 6.92 Å². The van der Waals surface area contributed by atoms with E-state index in [4.69, 9.17) is 5.21 Å². The lowest BCUT2D eigenvalue weighted by atomic mass is 10.1. The summed E-state index contributed by atoms with van der Waals surface area (Å²) < 4.78 is 0.931. The van der Waals surface area contributed by atoms with Gasteiger partial charge in [-0.3, -0.25) is 4.79 Å². The third-order valence-electron chi connectivity index (χ3n) is 3.15.